The lowest BCUT2D eigenvalue weighted by atomic mass is 10.2. The number of nitrogens with one attached hydrogen (secondary N) is 3. The van der Waals surface area contributed by atoms with Crippen LogP contribution in [0.1, 0.15) is 27.7 Å². The molecular formula is C13H28N4O2. The molecule has 1 unspecified atom stereocenters. The second kappa shape index (κ2) is 10.6. The van der Waals surface area contributed by atoms with Gasteiger partial charge >= 0.3 is 0 Å². The fraction of sp³-hybridized carbons (Fsp3) is 0.846. The third kappa shape index (κ3) is 9.30. The first-order valence-corrected chi connectivity index (χ1v) is 6.82. The van der Waals surface area contributed by atoms with Crippen molar-refractivity contribution in [1.29, 1.82) is 0 Å². The van der Waals surface area contributed by atoms with Crippen LogP contribution in [-0.4, -0.2) is 51.3 Å². The van der Waals surface area contributed by atoms with E-state index in [0.29, 0.717) is 19.7 Å². The van der Waals surface area contributed by atoms with Gasteiger partial charge in [0.05, 0.1) is 13.2 Å². The number of methoxy groups -OCH3 is 1. The highest BCUT2D eigenvalue weighted by Crippen LogP contribution is 1.89. The molecule has 1 amide bonds. The van der Waals surface area contributed by atoms with Gasteiger partial charge in [-0.15, -0.1) is 0 Å². The van der Waals surface area contributed by atoms with E-state index < -0.39 is 0 Å². The molecule has 0 saturated heterocycles. The summed E-state index contributed by atoms with van der Waals surface area (Å²) in [5, 5.41) is 9.22. The zero-order valence-corrected chi connectivity index (χ0v) is 12.7. The van der Waals surface area contributed by atoms with Gasteiger partial charge in [-0.2, -0.15) is 0 Å². The van der Waals surface area contributed by atoms with Crippen LogP contribution in [-0.2, 0) is 9.53 Å². The topological polar surface area (TPSA) is 74.8 Å². The van der Waals surface area contributed by atoms with Crippen molar-refractivity contribution in [1.82, 2.24) is 16.0 Å². The Hall–Kier alpha value is -1.30. The standard InChI is InChI=1S/C13H28N4O2/c1-6-14-13(17-11(4)9-19-5)16-8-7-15-12(18)10(2)3/h10-11H,6-9H2,1-5H3,(H,15,18)(H2,14,16,17). The van der Waals surface area contributed by atoms with Crippen LogP contribution in [0.5, 0.6) is 0 Å². The van der Waals surface area contributed by atoms with Gasteiger partial charge in [-0.1, -0.05) is 13.8 Å². The van der Waals surface area contributed by atoms with E-state index in [2.05, 4.69) is 20.9 Å². The summed E-state index contributed by atoms with van der Waals surface area (Å²) in [6.07, 6.45) is 0. The Morgan fingerprint density at radius 2 is 1.95 bits per heavy atom. The van der Waals surface area contributed by atoms with Crippen molar-refractivity contribution in [3.8, 4) is 0 Å². The summed E-state index contributed by atoms with van der Waals surface area (Å²) in [6.45, 7) is 10.3. The van der Waals surface area contributed by atoms with Gasteiger partial charge in [0.25, 0.3) is 0 Å². The molecule has 0 bridgehead atoms. The highest BCUT2D eigenvalue weighted by molar-refractivity contribution is 5.80. The Morgan fingerprint density at radius 3 is 2.47 bits per heavy atom. The molecule has 0 spiro atoms. The van der Waals surface area contributed by atoms with E-state index in [1.54, 1.807) is 7.11 Å². The van der Waals surface area contributed by atoms with Crippen LogP contribution in [0.15, 0.2) is 4.99 Å². The molecule has 3 N–H and O–H groups in total. The number of carbonyl (C=O) groups excluding carboxylic acids is 1. The van der Waals surface area contributed by atoms with Gasteiger partial charge in [0, 0.05) is 32.2 Å². The molecule has 0 aromatic heterocycles. The molecule has 0 aromatic rings. The number of rotatable bonds is 8. The lowest BCUT2D eigenvalue weighted by Crippen LogP contribution is -2.44. The van der Waals surface area contributed by atoms with E-state index in [9.17, 15) is 4.79 Å². The highest BCUT2D eigenvalue weighted by Gasteiger charge is 2.06. The van der Waals surface area contributed by atoms with Gasteiger partial charge in [-0.25, -0.2) is 0 Å². The number of hydrogen-bond acceptors (Lipinski definition) is 3. The maximum absolute atomic E-state index is 11.4. The summed E-state index contributed by atoms with van der Waals surface area (Å²) in [5.74, 6) is 0.809. The second-order valence-electron chi connectivity index (χ2n) is 4.71. The third-order valence-electron chi connectivity index (χ3n) is 2.35. The van der Waals surface area contributed by atoms with Crippen molar-refractivity contribution >= 4 is 11.9 Å². The van der Waals surface area contributed by atoms with E-state index in [-0.39, 0.29) is 17.9 Å². The van der Waals surface area contributed by atoms with E-state index in [1.807, 2.05) is 27.7 Å². The summed E-state index contributed by atoms with van der Waals surface area (Å²) in [4.78, 5) is 15.8. The Bertz CT molecular complexity index is 280. The minimum atomic E-state index is 0.0112. The maximum atomic E-state index is 11.4. The van der Waals surface area contributed by atoms with Crippen molar-refractivity contribution in [2.75, 3.05) is 33.4 Å². The quantitative estimate of drug-likeness (QED) is 0.338. The molecule has 0 aliphatic carbocycles. The van der Waals surface area contributed by atoms with Gasteiger partial charge in [-0.05, 0) is 13.8 Å². The minimum absolute atomic E-state index is 0.0112. The van der Waals surface area contributed by atoms with Gasteiger partial charge in [0.15, 0.2) is 5.96 Å². The van der Waals surface area contributed by atoms with Crippen LogP contribution in [0, 0.1) is 5.92 Å². The Kier molecular flexibility index (Phi) is 9.88. The summed E-state index contributed by atoms with van der Waals surface area (Å²) in [7, 11) is 1.67. The molecule has 0 radical (unpaired) electrons. The largest absolute Gasteiger partial charge is 0.383 e. The van der Waals surface area contributed by atoms with Crippen molar-refractivity contribution in [2.45, 2.75) is 33.7 Å². The predicted molar refractivity (Wildman–Crippen MR) is 78.3 cm³/mol. The van der Waals surface area contributed by atoms with E-state index in [1.165, 1.54) is 0 Å². The number of carbonyl (C=O) groups is 1. The van der Waals surface area contributed by atoms with E-state index in [4.69, 9.17) is 4.74 Å². The maximum Gasteiger partial charge on any atom is 0.222 e. The molecule has 0 aromatic carbocycles. The monoisotopic (exact) mass is 272 g/mol. The molecule has 0 aliphatic rings. The van der Waals surface area contributed by atoms with Crippen LogP contribution in [0.4, 0.5) is 0 Å². The lowest BCUT2D eigenvalue weighted by Gasteiger charge is -2.17. The van der Waals surface area contributed by atoms with Crippen LogP contribution in [0.25, 0.3) is 0 Å². The number of guanidine groups is 1. The number of aliphatic imine (C=N–C) groups is 1. The first kappa shape index (κ1) is 17.7. The molecule has 112 valence electrons. The number of nitrogens with zero attached hydrogens (tertiary/aromatic N) is 1. The molecule has 1 atom stereocenters. The van der Waals surface area contributed by atoms with Gasteiger partial charge in [0.1, 0.15) is 0 Å². The van der Waals surface area contributed by atoms with Gasteiger partial charge < -0.3 is 20.7 Å². The number of amides is 1. The van der Waals surface area contributed by atoms with E-state index in [0.717, 1.165) is 12.5 Å². The molecule has 0 saturated carbocycles. The Balaban J connectivity index is 4.08. The second-order valence-corrected chi connectivity index (χ2v) is 4.71. The SMILES string of the molecule is CCNC(=NCCNC(=O)C(C)C)NC(C)COC. The first-order chi connectivity index (χ1) is 9.01. The first-order valence-electron chi connectivity index (χ1n) is 6.82. The van der Waals surface area contributed by atoms with Crippen molar-refractivity contribution in [3.63, 3.8) is 0 Å². The molecule has 0 rings (SSSR count). The van der Waals surface area contributed by atoms with Crippen molar-refractivity contribution < 1.29 is 9.53 Å². The molecule has 0 heterocycles. The van der Waals surface area contributed by atoms with Gasteiger partial charge in [-0.3, -0.25) is 9.79 Å². The minimum Gasteiger partial charge on any atom is -0.383 e. The molecule has 6 heteroatoms. The zero-order valence-electron chi connectivity index (χ0n) is 12.7. The fourth-order valence-electron chi connectivity index (χ4n) is 1.40. The van der Waals surface area contributed by atoms with Crippen LogP contribution in [0.3, 0.4) is 0 Å². The molecule has 0 fully saturated rings. The van der Waals surface area contributed by atoms with Crippen LogP contribution >= 0.6 is 0 Å². The number of ether oxygens (including phenoxy) is 1. The summed E-state index contributed by atoms with van der Waals surface area (Å²) >= 11 is 0. The molecule has 0 aliphatic heterocycles. The summed E-state index contributed by atoms with van der Waals surface area (Å²) in [5.41, 5.74) is 0. The van der Waals surface area contributed by atoms with Crippen molar-refractivity contribution in [2.24, 2.45) is 10.9 Å². The summed E-state index contributed by atoms with van der Waals surface area (Å²) in [6, 6.07) is 0.188. The smallest absolute Gasteiger partial charge is 0.222 e. The van der Waals surface area contributed by atoms with E-state index >= 15 is 0 Å². The van der Waals surface area contributed by atoms with Crippen molar-refractivity contribution in [3.05, 3.63) is 0 Å². The van der Waals surface area contributed by atoms with Gasteiger partial charge in [0.2, 0.25) is 5.91 Å². The predicted octanol–water partition coefficient (Wildman–Crippen LogP) is 0.349. The fourth-order valence-corrected chi connectivity index (χ4v) is 1.40. The average molecular weight is 272 g/mol. The van der Waals surface area contributed by atoms with Crippen LogP contribution < -0.4 is 16.0 Å². The Morgan fingerprint density at radius 1 is 1.26 bits per heavy atom. The zero-order chi connectivity index (χ0) is 14.7. The average Bonchev–Trinajstić information content (AvgIpc) is 2.34. The third-order valence-corrected chi connectivity index (χ3v) is 2.35. The number of hydrogen-bond donors (Lipinski definition) is 3. The molecular weight excluding hydrogens is 244 g/mol. The highest BCUT2D eigenvalue weighted by atomic mass is 16.5. The normalized spacial score (nSPS) is 13.3. The summed E-state index contributed by atoms with van der Waals surface area (Å²) < 4.78 is 5.06. The van der Waals surface area contributed by atoms with Crippen LogP contribution in [0.2, 0.25) is 0 Å². The lowest BCUT2D eigenvalue weighted by molar-refractivity contribution is -0.123. The Labute approximate surface area is 116 Å². The molecule has 19 heavy (non-hydrogen) atoms. The molecule has 6 nitrogen and oxygen atoms in total.